The lowest BCUT2D eigenvalue weighted by Crippen LogP contribution is -2.34. The summed E-state index contributed by atoms with van der Waals surface area (Å²) in [5.74, 6) is -0.162. The van der Waals surface area contributed by atoms with Gasteiger partial charge >= 0.3 is 0 Å². The van der Waals surface area contributed by atoms with Crippen LogP contribution >= 0.6 is 0 Å². The van der Waals surface area contributed by atoms with Crippen molar-refractivity contribution in [3.8, 4) is 0 Å². The van der Waals surface area contributed by atoms with Gasteiger partial charge in [-0.3, -0.25) is 4.79 Å². The molecule has 0 saturated carbocycles. The van der Waals surface area contributed by atoms with Gasteiger partial charge in [0.1, 0.15) is 0 Å². The van der Waals surface area contributed by atoms with Crippen LogP contribution in [0.4, 0.5) is 0 Å². The van der Waals surface area contributed by atoms with Crippen molar-refractivity contribution >= 4 is 5.91 Å². The summed E-state index contributed by atoms with van der Waals surface area (Å²) in [6.45, 7) is 5.71. The van der Waals surface area contributed by atoms with Crippen LogP contribution in [0.5, 0.6) is 0 Å². The van der Waals surface area contributed by atoms with E-state index in [-0.39, 0.29) is 11.9 Å². The molecule has 0 spiro atoms. The van der Waals surface area contributed by atoms with E-state index >= 15 is 0 Å². The van der Waals surface area contributed by atoms with E-state index in [0.29, 0.717) is 6.61 Å². The van der Waals surface area contributed by atoms with E-state index < -0.39 is 0 Å². The van der Waals surface area contributed by atoms with E-state index in [4.69, 9.17) is 4.74 Å². The van der Waals surface area contributed by atoms with Gasteiger partial charge in [0.05, 0.1) is 6.61 Å². The highest BCUT2D eigenvalue weighted by molar-refractivity contribution is 5.87. The normalized spacial score (nSPS) is 12.2. The van der Waals surface area contributed by atoms with Gasteiger partial charge in [-0.25, -0.2) is 0 Å². The predicted molar refractivity (Wildman–Crippen MR) is 39.7 cm³/mol. The van der Waals surface area contributed by atoms with Gasteiger partial charge in [0.15, 0.2) is 0 Å². The topological polar surface area (TPSA) is 38.3 Å². The molecule has 1 N–H and O–H groups in total. The third kappa shape index (κ3) is 4.09. The third-order valence-electron chi connectivity index (χ3n) is 0.991. The van der Waals surface area contributed by atoms with Gasteiger partial charge in [-0.1, -0.05) is 6.58 Å². The average Bonchev–Trinajstić information content (AvgIpc) is 1.88. The number of ether oxygens (including phenoxy) is 1. The number of amides is 1. The van der Waals surface area contributed by atoms with Crippen LogP contribution in [0.2, 0.25) is 0 Å². The molecule has 0 saturated heterocycles. The summed E-state index contributed by atoms with van der Waals surface area (Å²) in [7, 11) is 1.59. The Kier molecular flexibility index (Phi) is 4.58. The first-order valence-corrected chi connectivity index (χ1v) is 3.12. The lowest BCUT2D eigenvalue weighted by Gasteiger charge is -2.09. The van der Waals surface area contributed by atoms with E-state index in [0.717, 1.165) is 0 Å². The summed E-state index contributed by atoms with van der Waals surface area (Å²) in [6, 6.07) is 0.0514. The largest absolute Gasteiger partial charge is 0.383 e. The molecule has 3 nitrogen and oxygen atoms in total. The fourth-order valence-electron chi connectivity index (χ4n) is 0.593. The molecule has 0 unspecified atom stereocenters. The summed E-state index contributed by atoms with van der Waals surface area (Å²) in [5.41, 5.74) is 0. The van der Waals surface area contributed by atoms with Crippen LogP contribution in [0.3, 0.4) is 0 Å². The molecule has 3 heteroatoms. The highest BCUT2D eigenvalue weighted by Gasteiger charge is 2.01. The monoisotopic (exact) mass is 143 g/mol. The number of methoxy groups -OCH3 is 1. The minimum atomic E-state index is -0.162. The molecule has 0 heterocycles. The van der Waals surface area contributed by atoms with E-state index in [2.05, 4.69) is 11.9 Å². The highest BCUT2D eigenvalue weighted by atomic mass is 16.5. The van der Waals surface area contributed by atoms with Gasteiger partial charge in [0.2, 0.25) is 5.91 Å². The van der Waals surface area contributed by atoms with Gasteiger partial charge in [-0.2, -0.15) is 0 Å². The minimum Gasteiger partial charge on any atom is -0.383 e. The number of carbonyl (C=O) groups is 1. The van der Waals surface area contributed by atoms with Crippen LogP contribution in [0.1, 0.15) is 6.92 Å². The van der Waals surface area contributed by atoms with Crippen molar-refractivity contribution in [3.63, 3.8) is 0 Å². The molecule has 0 aliphatic carbocycles. The fraction of sp³-hybridized carbons (Fsp3) is 0.571. The van der Waals surface area contributed by atoms with Crippen molar-refractivity contribution in [3.05, 3.63) is 12.7 Å². The first-order valence-electron chi connectivity index (χ1n) is 3.12. The van der Waals surface area contributed by atoms with Crippen molar-refractivity contribution in [2.75, 3.05) is 13.7 Å². The zero-order valence-electron chi connectivity index (χ0n) is 6.39. The number of nitrogens with one attached hydrogen (secondary N) is 1. The second kappa shape index (κ2) is 4.99. The van der Waals surface area contributed by atoms with Crippen molar-refractivity contribution in [1.82, 2.24) is 5.32 Å². The van der Waals surface area contributed by atoms with Crippen molar-refractivity contribution in [2.45, 2.75) is 13.0 Å². The molecule has 0 aliphatic heterocycles. The van der Waals surface area contributed by atoms with Gasteiger partial charge < -0.3 is 10.1 Å². The Labute approximate surface area is 61.1 Å². The summed E-state index contributed by atoms with van der Waals surface area (Å²) >= 11 is 0. The van der Waals surface area contributed by atoms with Gasteiger partial charge in [-0.15, -0.1) is 0 Å². The van der Waals surface area contributed by atoms with Crippen LogP contribution in [-0.4, -0.2) is 25.7 Å². The maximum Gasteiger partial charge on any atom is 0.243 e. The number of rotatable bonds is 4. The van der Waals surface area contributed by atoms with E-state index in [9.17, 15) is 4.79 Å². The van der Waals surface area contributed by atoms with Gasteiger partial charge in [0.25, 0.3) is 0 Å². The van der Waals surface area contributed by atoms with E-state index in [1.807, 2.05) is 6.92 Å². The molecule has 0 fully saturated rings. The fourth-order valence-corrected chi connectivity index (χ4v) is 0.593. The first-order chi connectivity index (χ1) is 4.70. The molecular formula is C7H13NO2. The highest BCUT2D eigenvalue weighted by Crippen LogP contribution is 1.81. The Morgan fingerprint density at radius 3 is 2.90 bits per heavy atom. The lowest BCUT2D eigenvalue weighted by atomic mass is 10.3. The van der Waals surface area contributed by atoms with Gasteiger partial charge in [-0.05, 0) is 13.0 Å². The van der Waals surface area contributed by atoms with Crippen LogP contribution in [-0.2, 0) is 9.53 Å². The molecule has 0 aromatic rings. The Hall–Kier alpha value is -0.830. The molecule has 0 radical (unpaired) electrons. The quantitative estimate of drug-likeness (QED) is 0.576. The van der Waals surface area contributed by atoms with Crippen LogP contribution in [0, 0.1) is 0 Å². The maximum atomic E-state index is 10.6. The molecule has 58 valence electrons. The average molecular weight is 143 g/mol. The second-order valence-corrected chi connectivity index (χ2v) is 2.07. The summed E-state index contributed by atoms with van der Waals surface area (Å²) in [4.78, 5) is 10.6. The maximum absolute atomic E-state index is 10.6. The second-order valence-electron chi connectivity index (χ2n) is 2.07. The van der Waals surface area contributed by atoms with E-state index in [1.165, 1.54) is 6.08 Å². The molecule has 0 bridgehead atoms. The smallest absolute Gasteiger partial charge is 0.243 e. The number of hydrogen-bond acceptors (Lipinski definition) is 2. The molecule has 0 aromatic carbocycles. The molecule has 1 atom stereocenters. The summed E-state index contributed by atoms with van der Waals surface area (Å²) in [5, 5.41) is 2.65. The van der Waals surface area contributed by atoms with Crippen LogP contribution in [0.15, 0.2) is 12.7 Å². The zero-order valence-corrected chi connectivity index (χ0v) is 6.39. The first kappa shape index (κ1) is 9.17. The molecule has 0 aromatic heterocycles. The van der Waals surface area contributed by atoms with Gasteiger partial charge in [0, 0.05) is 13.2 Å². The Balaban J connectivity index is 3.46. The molecular weight excluding hydrogens is 130 g/mol. The third-order valence-corrected chi connectivity index (χ3v) is 0.991. The Morgan fingerprint density at radius 2 is 2.50 bits per heavy atom. The standard InChI is InChI=1S/C7H13NO2/c1-4-7(9)8-6(2)5-10-3/h4,6H,1,5H2,2-3H3,(H,8,9)/t6-/m1/s1. The summed E-state index contributed by atoms with van der Waals surface area (Å²) in [6.07, 6.45) is 1.24. The number of carbonyl (C=O) groups excluding carboxylic acids is 1. The minimum absolute atomic E-state index is 0.0514. The number of hydrogen-bond donors (Lipinski definition) is 1. The predicted octanol–water partition coefficient (Wildman–Crippen LogP) is 0.323. The molecule has 10 heavy (non-hydrogen) atoms. The van der Waals surface area contributed by atoms with Crippen LogP contribution < -0.4 is 5.32 Å². The van der Waals surface area contributed by atoms with E-state index in [1.54, 1.807) is 7.11 Å². The van der Waals surface area contributed by atoms with Crippen molar-refractivity contribution < 1.29 is 9.53 Å². The molecule has 0 aliphatic rings. The van der Waals surface area contributed by atoms with Crippen molar-refractivity contribution in [2.24, 2.45) is 0 Å². The zero-order chi connectivity index (χ0) is 7.98. The Bertz CT molecular complexity index is 123. The summed E-state index contributed by atoms with van der Waals surface area (Å²) < 4.78 is 4.80. The van der Waals surface area contributed by atoms with Crippen molar-refractivity contribution in [1.29, 1.82) is 0 Å². The SMILES string of the molecule is C=CC(=O)N[C@H](C)COC. The molecule has 1 amide bonds. The van der Waals surface area contributed by atoms with Crippen LogP contribution in [0.25, 0.3) is 0 Å². The lowest BCUT2D eigenvalue weighted by molar-refractivity contribution is -0.117. The molecule has 0 rings (SSSR count). The Morgan fingerprint density at radius 1 is 1.90 bits per heavy atom.